The van der Waals surface area contributed by atoms with E-state index in [2.05, 4.69) is 12.2 Å². The predicted molar refractivity (Wildman–Crippen MR) is 93.1 cm³/mol. The summed E-state index contributed by atoms with van der Waals surface area (Å²) in [5.41, 5.74) is 1.03. The second kappa shape index (κ2) is 8.45. The van der Waals surface area contributed by atoms with Crippen molar-refractivity contribution in [3.05, 3.63) is 29.3 Å². The number of hydrogen-bond acceptors (Lipinski definition) is 3. The lowest BCUT2D eigenvalue weighted by atomic mass is 10.1. The molecule has 0 aliphatic rings. The third-order valence-corrected chi connectivity index (χ3v) is 6.06. The molecule has 0 radical (unpaired) electrons. The fraction of sp³-hybridized carbons (Fsp3) is 0.588. The zero-order chi connectivity index (χ0) is 17.6. The average molecular weight is 340 g/mol. The molecule has 1 N–H and O–H groups in total. The Balaban J connectivity index is 3.16. The molecule has 0 spiro atoms. The zero-order valence-electron chi connectivity index (χ0n) is 14.7. The number of benzene rings is 1. The van der Waals surface area contributed by atoms with Crippen LogP contribution in [0.2, 0.25) is 0 Å². The molecule has 0 aliphatic carbocycles. The van der Waals surface area contributed by atoms with Crippen molar-refractivity contribution in [3.8, 4) is 0 Å². The molecule has 130 valence electrons. The predicted octanol–water partition coefficient (Wildman–Crippen LogP) is 2.94. The number of amides is 1. The maximum Gasteiger partial charge on any atom is 0.251 e. The highest BCUT2D eigenvalue weighted by molar-refractivity contribution is 7.89. The number of sulfonamides is 1. The van der Waals surface area contributed by atoms with Gasteiger partial charge in [0.2, 0.25) is 10.0 Å². The summed E-state index contributed by atoms with van der Waals surface area (Å²) in [5.74, 6) is -0.234. The third kappa shape index (κ3) is 4.78. The first-order valence-electron chi connectivity index (χ1n) is 8.19. The van der Waals surface area contributed by atoms with E-state index in [-0.39, 0.29) is 16.8 Å². The first kappa shape index (κ1) is 19.6. The smallest absolute Gasteiger partial charge is 0.251 e. The van der Waals surface area contributed by atoms with Crippen LogP contribution in [0.3, 0.4) is 0 Å². The van der Waals surface area contributed by atoms with Crippen LogP contribution < -0.4 is 5.32 Å². The van der Waals surface area contributed by atoms with Crippen LogP contribution in [0.5, 0.6) is 0 Å². The number of carbonyl (C=O) groups excluding carboxylic acids is 1. The van der Waals surface area contributed by atoms with Crippen LogP contribution in [0.15, 0.2) is 23.1 Å². The minimum Gasteiger partial charge on any atom is -0.350 e. The molecule has 0 aliphatic heterocycles. The van der Waals surface area contributed by atoms with Gasteiger partial charge in [-0.2, -0.15) is 4.31 Å². The number of hydrogen-bond donors (Lipinski definition) is 1. The molecule has 0 saturated heterocycles. The van der Waals surface area contributed by atoms with E-state index < -0.39 is 10.0 Å². The van der Waals surface area contributed by atoms with Gasteiger partial charge in [-0.3, -0.25) is 4.79 Å². The van der Waals surface area contributed by atoms with E-state index in [9.17, 15) is 13.2 Å². The van der Waals surface area contributed by atoms with Crippen molar-refractivity contribution in [1.82, 2.24) is 9.62 Å². The summed E-state index contributed by atoms with van der Waals surface area (Å²) in [6, 6.07) is 4.91. The SMILES string of the molecule is CCC[C@@H](C)NC(=O)c1ccc(C)c(S(=O)(=O)N(CC)CC)c1. The van der Waals surface area contributed by atoms with E-state index in [1.165, 1.54) is 10.4 Å². The highest BCUT2D eigenvalue weighted by Gasteiger charge is 2.24. The third-order valence-electron chi connectivity index (χ3n) is 3.87. The largest absolute Gasteiger partial charge is 0.350 e. The minimum atomic E-state index is -3.57. The molecule has 6 heteroatoms. The highest BCUT2D eigenvalue weighted by atomic mass is 32.2. The molecule has 0 aromatic heterocycles. The molecule has 1 aromatic carbocycles. The van der Waals surface area contributed by atoms with E-state index in [1.54, 1.807) is 32.9 Å². The van der Waals surface area contributed by atoms with Gasteiger partial charge < -0.3 is 5.32 Å². The van der Waals surface area contributed by atoms with Gasteiger partial charge in [-0.1, -0.05) is 33.3 Å². The van der Waals surface area contributed by atoms with Crippen LogP contribution in [0.1, 0.15) is 56.5 Å². The Bertz CT molecular complexity index is 637. The van der Waals surface area contributed by atoms with Crippen LogP contribution in [-0.4, -0.2) is 37.8 Å². The lowest BCUT2D eigenvalue weighted by Crippen LogP contribution is -2.33. The summed E-state index contributed by atoms with van der Waals surface area (Å²) in [5, 5.41) is 2.91. The Morgan fingerprint density at radius 3 is 2.35 bits per heavy atom. The van der Waals surface area contributed by atoms with E-state index in [0.717, 1.165) is 12.8 Å². The minimum absolute atomic E-state index is 0.0663. The maximum absolute atomic E-state index is 12.7. The van der Waals surface area contributed by atoms with Crippen LogP contribution >= 0.6 is 0 Å². The lowest BCUT2D eigenvalue weighted by Gasteiger charge is -2.20. The van der Waals surface area contributed by atoms with Crippen molar-refractivity contribution in [1.29, 1.82) is 0 Å². The van der Waals surface area contributed by atoms with Gasteiger partial charge in [-0.05, 0) is 38.0 Å². The molecule has 0 saturated carbocycles. The van der Waals surface area contributed by atoms with Gasteiger partial charge in [-0.15, -0.1) is 0 Å². The maximum atomic E-state index is 12.7. The number of carbonyl (C=O) groups is 1. The van der Waals surface area contributed by atoms with E-state index >= 15 is 0 Å². The van der Waals surface area contributed by atoms with Gasteiger partial charge in [0.1, 0.15) is 0 Å². The Morgan fingerprint density at radius 1 is 1.22 bits per heavy atom. The molecule has 0 bridgehead atoms. The second-order valence-corrected chi connectivity index (χ2v) is 7.64. The van der Waals surface area contributed by atoms with Gasteiger partial charge in [0, 0.05) is 24.7 Å². The molecule has 0 heterocycles. The quantitative estimate of drug-likeness (QED) is 0.791. The van der Waals surface area contributed by atoms with Gasteiger partial charge in [0.15, 0.2) is 0 Å². The average Bonchev–Trinajstić information content (AvgIpc) is 2.48. The van der Waals surface area contributed by atoms with Crippen molar-refractivity contribution in [2.45, 2.75) is 58.4 Å². The molecule has 0 unspecified atom stereocenters. The van der Waals surface area contributed by atoms with Gasteiger partial charge in [-0.25, -0.2) is 8.42 Å². The topological polar surface area (TPSA) is 66.5 Å². The zero-order valence-corrected chi connectivity index (χ0v) is 15.5. The summed E-state index contributed by atoms with van der Waals surface area (Å²) in [4.78, 5) is 12.5. The summed E-state index contributed by atoms with van der Waals surface area (Å²) in [6.45, 7) is 10.2. The Labute approximate surface area is 140 Å². The summed E-state index contributed by atoms with van der Waals surface area (Å²) < 4.78 is 26.8. The van der Waals surface area contributed by atoms with Crippen molar-refractivity contribution >= 4 is 15.9 Å². The first-order chi connectivity index (χ1) is 10.8. The van der Waals surface area contributed by atoms with Crippen molar-refractivity contribution in [2.75, 3.05) is 13.1 Å². The monoisotopic (exact) mass is 340 g/mol. The Morgan fingerprint density at radius 2 is 1.83 bits per heavy atom. The molecule has 23 heavy (non-hydrogen) atoms. The standard InChI is InChI=1S/C17H28N2O3S/c1-6-9-14(5)18-17(20)15-11-10-13(4)16(12-15)23(21,22)19(7-2)8-3/h10-12,14H,6-9H2,1-5H3,(H,18,20)/t14-/m1/s1. The van der Waals surface area contributed by atoms with Gasteiger partial charge in [0.25, 0.3) is 5.91 Å². The first-order valence-corrected chi connectivity index (χ1v) is 9.63. The van der Waals surface area contributed by atoms with Crippen molar-refractivity contribution in [3.63, 3.8) is 0 Å². The second-order valence-electron chi connectivity index (χ2n) is 5.73. The summed E-state index contributed by atoms with van der Waals surface area (Å²) in [7, 11) is -3.57. The fourth-order valence-corrected chi connectivity index (χ4v) is 4.24. The molecular formula is C17H28N2O3S. The van der Waals surface area contributed by atoms with Crippen LogP contribution in [0.25, 0.3) is 0 Å². The normalized spacial score (nSPS) is 13.1. The van der Waals surface area contributed by atoms with Crippen molar-refractivity contribution in [2.24, 2.45) is 0 Å². The fourth-order valence-electron chi connectivity index (χ4n) is 2.53. The summed E-state index contributed by atoms with van der Waals surface area (Å²) in [6.07, 6.45) is 1.87. The highest BCUT2D eigenvalue weighted by Crippen LogP contribution is 2.21. The molecule has 1 amide bonds. The molecule has 0 fully saturated rings. The van der Waals surface area contributed by atoms with E-state index in [0.29, 0.717) is 24.2 Å². The number of rotatable bonds is 8. The number of nitrogens with one attached hydrogen (secondary N) is 1. The molecule has 5 nitrogen and oxygen atoms in total. The lowest BCUT2D eigenvalue weighted by molar-refractivity contribution is 0.0938. The van der Waals surface area contributed by atoms with Crippen LogP contribution in [-0.2, 0) is 10.0 Å². The van der Waals surface area contributed by atoms with E-state index in [1.807, 2.05) is 6.92 Å². The van der Waals surface area contributed by atoms with Crippen LogP contribution in [0.4, 0.5) is 0 Å². The van der Waals surface area contributed by atoms with Gasteiger partial charge >= 0.3 is 0 Å². The van der Waals surface area contributed by atoms with Crippen molar-refractivity contribution < 1.29 is 13.2 Å². The molecule has 1 atom stereocenters. The van der Waals surface area contributed by atoms with Gasteiger partial charge in [0.05, 0.1) is 4.90 Å². The molecule has 1 aromatic rings. The van der Waals surface area contributed by atoms with Crippen LogP contribution in [0, 0.1) is 6.92 Å². The number of nitrogens with zero attached hydrogens (tertiary/aromatic N) is 1. The molecular weight excluding hydrogens is 312 g/mol. The number of aryl methyl sites for hydroxylation is 1. The molecule has 1 rings (SSSR count). The Kier molecular flexibility index (Phi) is 7.22. The summed E-state index contributed by atoms with van der Waals surface area (Å²) >= 11 is 0. The Hall–Kier alpha value is -1.40. The van der Waals surface area contributed by atoms with E-state index in [4.69, 9.17) is 0 Å².